The van der Waals surface area contributed by atoms with Gasteiger partial charge in [-0.25, -0.2) is 0 Å². The van der Waals surface area contributed by atoms with Crippen molar-refractivity contribution in [1.82, 2.24) is 15.1 Å². The summed E-state index contributed by atoms with van der Waals surface area (Å²) in [6.45, 7) is 3.27. The summed E-state index contributed by atoms with van der Waals surface area (Å²) >= 11 is 1.43. The van der Waals surface area contributed by atoms with E-state index in [9.17, 15) is 9.59 Å². The molecular weight excluding hydrogens is 420 g/mol. The first kappa shape index (κ1) is 20.6. The Kier molecular flexibility index (Phi) is 5.59. The number of nitrogens with zero attached hydrogens (tertiary/aromatic N) is 2. The first-order valence-corrected chi connectivity index (χ1v) is 11.6. The molecule has 32 heavy (non-hydrogen) atoms. The van der Waals surface area contributed by atoms with Crippen molar-refractivity contribution in [3.05, 3.63) is 71.1 Å². The van der Waals surface area contributed by atoms with Crippen LogP contribution in [0.1, 0.15) is 35.0 Å². The highest BCUT2D eigenvalue weighted by molar-refractivity contribution is 7.17. The third kappa shape index (κ3) is 4.09. The third-order valence-corrected chi connectivity index (χ3v) is 7.10. The topological polar surface area (TPSA) is 78.1 Å². The van der Waals surface area contributed by atoms with Crippen LogP contribution in [0.25, 0.3) is 21.5 Å². The highest BCUT2D eigenvalue weighted by Gasteiger charge is 2.30. The number of hydrogen-bond acceptors (Lipinski definition) is 5. The number of nitrogens with one attached hydrogen (secondary N) is 2. The van der Waals surface area contributed by atoms with Gasteiger partial charge in [-0.2, -0.15) is 5.10 Å². The van der Waals surface area contributed by atoms with Gasteiger partial charge in [0.25, 0.3) is 0 Å². The van der Waals surface area contributed by atoms with Crippen molar-refractivity contribution < 1.29 is 9.59 Å². The molecule has 0 bridgehead atoms. The number of amides is 1. The van der Waals surface area contributed by atoms with E-state index in [1.54, 1.807) is 6.92 Å². The third-order valence-electron chi connectivity index (χ3n) is 5.91. The Bertz CT molecular complexity index is 1280. The van der Waals surface area contributed by atoms with Gasteiger partial charge in [-0.15, -0.1) is 11.3 Å². The van der Waals surface area contributed by atoms with Crippen molar-refractivity contribution >= 4 is 39.6 Å². The standard InChI is InChI=1S/C25H24N4O2S/c1-16(30)22-11-12-23(32-22)24-19-14-18(9-10-20(19)27-28-24)26-25(31)21-8-5-13-29(21)15-17-6-3-2-4-7-17/h2-4,6-7,9-12,14,21H,5,8,13,15H2,1H3,(H,26,31)(H,27,28)/t21-/m0/s1. The zero-order valence-electron chi connectivity index (χ0n) is 17.8. The van der Waals surface area contributed by atoms with Crippen LogP contribution in [-0.2, 0) is 11.3 Å². The molecule has 1 saturated heterocycles. The molecule has 0 spiro atoms. The van der Waals surface area contributed by atoms with Gasteiger partial charge in [0.05, 0.1) is 21.3 Å². The van der Waals surface area contributed by atoms with Crippen LogP contribution in [0.5, 0.6) is 0 Å². The smallest absolute Gasteiger partial charge is 0.241 e. The number of benzene rings is 2. The molecule has 0 radical (unpaired) electrons. The summed E-state index contributed by atoms with van der Waals surface area (Å²) in [5.41, 5.74) is 3.65. The maximum Gasteiger partial charge on any atom is 0.241 e. The van der Waals surface area contributed by atoms with Gasteiger partial charge < -0.3 is 5.32 Å². The van der Waals surface area contributed by atoms with Crippen LogP contribution in [0.15, 0.2) is 60.7 Å². The van der Waals surface area contributed by atoms with Crippen LogP contribution < -0.4 is 5.32 Å². The van der Waals surface area contributed by atoms with Crippen molar-refractivity contribution in [2.24, 2.45) is 0 Å². The monoisotopic (exact) mass is 444 g/mol. The molecule has 4 aromatic rings. The molecule has 1 aliphatic rings. The lowest BCUT2D eigenvalue weighted by atomic mass is 10.1. The van der Waals surface area contributed by atoms with Crippen molar-refractivity contribution in [3.8, 4) is 10.6 Å². The molecule has 1 atom stereocenters. The number of ketones is 1. The second kappa shape index (κ2) is 8.68. The Labute approximate surface area is 190 Å². The second-order valence-corrected chi connectivity index (χ2v) is 9.24. The van der Waals surface area contributed by atoms with Crippen molar-refractivity contribution in [2.45, 2.75) is 32.4 Å². The summed E-state index contributed by atoms with van der Waals surface area (Å²) in [5, 5.41) is 11.5. The molecule has 2 aromatic heterocycles. The van der Waals surface area contributed by atoms with Crippen LogP contribution >= 0.6 is 11.3 Å². The number of thiophene rings is 1. The van der Waals surface area contributed by atoms with E-state index in [2.05, 4.69) is 32.5 Å². The number of likely N-dealkylation sites (tertiary alicyclic amines) is 1. The molecule has 0 aliphatic carbocycles. The van der Waals surface area contributed by atoms with E-state index in [4.69, 9.17) is 0 Å². The minimum absolute atomic E-state index is 0.0258. The van der Waals surface area contributed by atoms with E-state index in [1.165, 1.54) is 16.9 Å². The van der Waals surface area contributed by atoms with Gasteiger partial charge in [-0.1, -0.05) is 30.3 Å². The normalized spacial score (nSPS) is 16.5. The predicted octanol–water partition coefficient (Wildman–Crippen LogP) is 5.10. The van der Waals surface area contributed by atoms with Gasteiger partial charge in [-0.3, -0.25) is 19.6 Å². The van der Waals surface area contributed by atoms with Gasteiger partial charge in [0.15, 0.2) is 5.78 Å². The average Bonchev–Trinajstić information content (AvgIpc) is 3.53. The summed E-state index contributed by atoms with van der Waals surface area (Å²) in [6, 6.07) is 19.7. The lowest BCUT2D eigenvalue weighted by Gasteiger charge is -2.23. The summed E-state index contributed by atoms with van der Waals surface area (Å²) in [4.78, 5) is 28.7. The van der Waals surface area contributed by atoms with E-state index >= 15 is 0 Å². The summed E-state index contributed by atoms with van der Waals surface area (Å²) in [7, 11) is 0. The molecule has 1 aliphatic heterocycles. The van der Waals surface area contributed by atoms with E-state index in [-0.39, 0.29) is 17.7 Å². The number of carbonyl (C=O) groups excluding carboxylic acids is 2. The fourth-order valence-corrected chi connectivity index (χ4v) is 5.19. The molecule has 1 fully saturated rings. The molecule has 1 amide bonds. The second-order valence-electron chi connectivity index (χ2n) is 8.16. The SMILES string of the molecule is CC(=O)c1ccc(-c2n[nH]c3ccc(NC(=O)[C@@H]4CCCN4Cc4ccccc4)cc23)s1. The number of H-pyrrole nitrogens is 1. The molecule has 162 valence electrons. The molecule has 0 unspecified atom stereocenters. The average molecular weight is 445 g/mol. The number of aromatic nitrogens is 2. The zero-order valence-corrected chi connectivity index (χ0v) is 18.6. The Morgan fingerprint density at radius 1 is 1.16 bits per heavy atom. The molecular formula is C25H24N4O2S. The Morgan fingerprint density at radius 3 is 2.78 bits per heavy atom. The Morgan fingerprint density at radius 2 is 2.00 bits per heavy atom. The minimum atomic E-state index is -0.134. The van der Waals surface area contributed by atoms with Crippen LogP contribution in [0.2, 0.25) is 0 Å². The molecule has 2 N–H and O–H groups in total. The Hall–Kier alpha value is -3.29. The minimum Gasteiger partial charge on any atom is -0.325 e. The van der Waals surface area contributed by atoms with E-state index in [0.29, 0.717) is 4.88 Å². The summed E-state index contributed by atoms with van der Waals surface area (Å²) in [6.07, 6.45) is 1.88. The van der Waals surface area contributed by atoms with E-state index in [0.717, 1.165) is 53.1 Å². The number of fused-ring (bicyclic) bond motifs is 1. The van der Waals surface area contributed by atoms with Crippen LogP contribution in [0, 0.1) is 0 Å². The van der Waals surface area contributed by atoms with E-state index in [1.807, 2.05) is 48.5 Å². The van der Waals surface area contributed by atoms with Gasteiger partial charge in [0.1, 0.15) is 5.69 Å². The first-order valence-electron chi connectivity index (χ1n) is 10.8. The fourth-order valence-electron chi connectivity index (χ4n) is 4.29. The largest absolute Gasteiger partial charge is 0.325 e. The van der Waals surface area contributed by atoms with Gasteiger partial charge in [0, 0.05) is 17.6 Å². The molecule has 7 heteroatoms. The number of rotatable bonds is 6. The van der Waals surface area contributed by atoms with Gasteiger partial charge in [0.2, 0.25) is 5.91 Å². The first-order chi connectivity index (χ1) is 15.6. The lowest BCUT2D eigenvalue weighted by molar-refractivity contribution is -0.120. The van der Waals surface area contributed by atoms with Crippen LogP contribution in [-0.4, -0.2) is 39.4 Å². The quantitative estimate of drug-likeness (QED) is 0.406. The number of Topliss-reactive ketones (excluding diaryl/α,β-unsaturated/α-hetero) is 1. The highest BCUT2D eigenvalue weighted by Crippen LogP contribution is 2.33. The van der Waals surface area contributed by atoms with Gasteiger partial charge in [-0.05, 0) is 62.2 Å². The van der Waals surface area contributed by atoms with Gasteiger partial charge >= 0.3 is 0 Å². The highest BCUT2D eigenvalue weighted by atomic mass is 32.1. The lowest BCUT2D eigenvalue weighted by Crippen LogP contribution is -2.39. The zero-order chi connectivity index (χ0) is 22.1. The maximum atomic E-state index is 13.1. The number of carbonyl (C=O) groups is 2. The number of anilines is 1. The van der Waals surface area contributed by atoms with Crippen molar-refractivity contribution in [1.29, 1.82) is 0 Å². The summed E-state index contributed by atoms with van der Waals surface area (Å²) < 4.78 is 0. The van der Waals surface area contributed by atoms with Crippen LogP contribution in [0.4, 0.5) is 5.69 Å². The molecule has 2 aromatic carbocycles. The van der Waals surface area contributed by atoms with Crippen LogP contribution in [0.3, 0.4) is 0 Å². The maximum absolute atomic E-state index is 13.1. The fraction of sp³-hybridized carbons (Fsp3) is 0.240. The molecule has 0 saturated carbocycles. The number of aromatic amines is 1. The molecule has 3 heterocycles. The summed E-state index contributed by atoms with van der Waals surface area (Å²) in [5.74, 6) is 0.0727. The number of hydrogen-bond donors (Lipinski definition) is 2. The Balaban J connectivity index is 1.35. The van der Waals surface area contributed by atoms with Crippen molar-refractivity contribution in [3.63, 3.8) is 0 Å². The van der Waals surface area contributed by atoms with Crippen molar-refractivity contribution in [2.75, 3.05) is 11.9 Å². The molecule has 6 nitrogen and oxygen atoms in total. The molecule has 5 rings (SSSR count). The van der Waals surface area contributed by atoms with E-state index < -0.39 is 0 Å². The predicted molar refractivity (Wildman–Crippen MR) is 128 cm³/mol.